The zero-order valence-corrected chi connectivity index (χ0v) is 18.0. The van der Waals surface area contributed by atoms with Gasteiger partial charge >= 0.3 is 5.97 Å². The van der Waals surface area contributed by atoms with Crippen LogP contribution in [0.3, 0.4) is 0 Å². The van der Waals surface area contributed by atoms with Gasteiger partial charge in [0.25, 0.3) is 0 Å². The SMILES string of the molecule is CCOC(=O)Cc1csc(SC(C)C(=O)Nc2ccc(C(C)(C)C)cc2)n1. The number of amides is 1. The third-order valence-electron chi connectivity index (χ3n) is 3.83. The van der Waals surface area contributed by atoms with Crippen molar-refractivity contribution in [1.29, 1.82) is 0 Å². The molecule has 0 aliphatic carbocycles. The lowest BCUT2D eigenvalue weighted by molar-refractivity contribution is -0.142. The Balaban J connectivity index is 1.90. The molecule has 1 unspecified atom stereocenters. The van der Waals surface area contributed by atoms with E-state index < -0.39 is 0 Å². The number of hydrogen-bond donors (Lipinski definition) is 1. The van der Waals surface area contributed by atoms with Gasteiger partial charge < -0.3 is 10.1 Å². The number of carbonyl (C=O) groups excluding carboxylic acids is 2. The van der Waals surface area contributed by atoms with Gasteiger partial charge in [0.15, 0.2) is 4.34 Å². The number of rotatable bonds is 7. The Bertz CT molecular complexity index is 779. The van der Waals surface area contributed by atoms with Crippen molar-refractivity contribution < 1.29 is 14.3 Å². The first kappa shape index (κ1) is 21.4. The maximum Gasteiger partial charge on any atom is 0.311 e. The minimum Gasteiger partial charge on any atom is -0.466 e. The first-order valence-corrected chi connectivity index (χ1v) is 10.6. The summed E-state index contributed by atoms with van der Waals surface area (Å²) in [6.07, 6.45) is 0.158. The first-order valence-electron chi connectivity index (χ1n) is 8.87. The number of benzene rings is 1. The van der Waals surface area contributed by atoms with E-state index in [0.717, 1.165) is 10.0 Å². The molecule has 5 nitrogen and oxygen atoms in total. The van der Waals surface area contributed by atoms with E-state index in [1.54, 1.807) is 6.92 Å². The van der Waals surface area contributed by atoms with E-state index >= 15 is 0 Å². The molecule has 1 amide bonds. The normalized spacial score (nSPS) is 12.5. The molecule has 1 aromatic heterocycles. The van der Waals surface area contributed by atoms with Gasteiger partial charge in [0.2, 0.25) is 5.91 Å². The molecule has 1 atom stereocenters. The maximum atomic E-state index is 12.4. The van der Waals surface area contributed by atoms with Gasteiger partial charge in [0.05, 0.1) is 24.0 Å². The fraction of sp³-hybridized carbons (Fsp3) is 0.450. The second kappa shape index (κ2) is 9.37. The third-order valence-corrected chi connectivity index (χ3v) is 5.95. The number of aromatic nitrogens is 1. The number of nitrogens with one attached hydrogen (secondary N) is 1. The third kappa shape index (κ3) is 6.66. The van der Waals surface area contributed by atoms with Crippen molar-refractivity contribution in [2.75, 3.05) is 11.9 Å². The van der Waals surface area contributed by atoms with E-state index in [1.807, 2.05) is 36.6 Å². The van der Waals surface area contributed by atoms with Gasteiger partial charge in [-0.05, 0) is 37.0 Å². The number of thiazole rings is 1. The summed E-state index contributed by atoms with van der Waals surface area (Å²) in [5.41, 5.74) is 2.76. The van der Waals surface area contributed by atoms with Crippen molar-refractivity contribution in [2.45, 2.75) is 56.0 Å². The van der Waals surface area contributed by atoms with Crippen molar-refractivity contribution in [3.8, 4) is 0 Å². The number of anilines is 1. The van der Waals surface area contributed by atoms with Crippen LogP contribution in [0.15, 0.2) is 34.0 Å². The predicted octanol–water partition coefficient (Wildman–Crippen LogP) is 4.67. The van der Waals surface area contributed by atoms with Crippen molar-refractivity contribution in [1.82, 2.24) is 4.98 Å². The van der Waals surface area contributed by atoms with E-state index in [2.05, 4.69) is 31.1 Å². The minimum atomic E-state index is -0.297. The monoisotopic (exact) mass is 406 g/mol. The lowest BCUT2D eigenvalue weighted by Crippen LogP contribution is -2.22. The van der Waals surface area contributed by atoms with E-state index in [9.17, 15) is 9.59 Å². The second-order valence-corrected chi connectivity index (χ2v) is 9.61. The molecule has 2 rings (SSSR count). The quantitative estimate of drug-likeness (QED) is 0.535. The van der Waals surface area contributed by atoms with Crippen molar-refractivity contribution >= 4 is 40.7 Å². The average molecular weight is 407 g/mol. The summed E-state index contributed by atoms with van der Waals surface area (Å²) in [6, 6.07) is 7.93. The highest BCUT2D eigenvalue weighted by atomic mass is 32.2. The summed E-state index contributed by atoms with van der Waals surface area (Å²) in [6.45, 7) is 10.4. The van der Waals surface area contributed by atoms with Crippen LogP contribution in [0.4, 0.5) is 5.69 Å². The summed E-state index contributed by atoms with van der Waals surface area (Å²) in [5.74, 6) is -0.366. The second-order valence-electron chi connectivity index (χ2n) is 7.16. The largest absolute Gasteiger partial charge is 0.466 e. The molecule has 146 valence electrons. The van der Waals surface area contributed by atoms with E-state index in [-0.39, 0.29) is 29.0 Å². The Morgan fingerprint density at radius 3 is 2.52 bits per heavy atom. The molecular weight excluding hydrogens is 380 g/mol. The lowest BCUT2D eigenvalue weighted by atomic mass is 9.87. The van der Waals surface area contributed by atoms with Gasteiger partial charge in [-0.3, -0.25) is 9.59 Å². The number of ether oxygens (including phenoxy) is 1. The van der Waals surface area contributed by atoms with Gasteiger partial charge in [-0.25, -0.2) is 4.98 Å². The van der Waals surface area contributed by atoms with Gasteiger partial charge in [-0.15, -0.1) is 11.3 Å². The Kier molecular flexibility index (Phi) is 7.44. The zero-order valence-electron chi connectivity index (χ0n) is 16.4. The molecule has 0 saturated carbocycles. The van der Waals surface area contributed by atoms with Crippen LogP contribution >= 0.6 is 23.1 Å². The molecule has 0 fully saturated rings. The number of nitrogens with zero attached hydrogens (tertiary/aromatic N) is 1. The molecule has 0 aliphatic heterocycles. The van der Waals surface area contributed by atoms with E-state index in [0.29, 0.717) is 12.3 Å². The van der Waals surface area contributed by atoms with Crippen LogP contribution in [0.2, 0.25) is 0 Å². The number of thioether (sulfide) groups is 1. The fourth-order valence-electron chi connectivity index (χ4n) is 2.29. The highest BCUT2D eigenvalue weighted by molar-refractivity contribution is 8.02. The summed E-state index contributed by atoms with van der Waals surface area (Å²) in [7, 11) is 0. The highest BCUT2D eigenvalue weighted by Gasteiger charge is 2.18. The smallest absolute Gasteiger partial charge is 0.311 e. The van der Waals surface area contributed by atoms with Crippen molar-refractivity contribution in [2.24, 2.45) is 0 Å². The fourth-order valence-corrected chi connectivity index (χ4v) is 4.27. The predicted molar refractivity (Wildman–Crippen MR) is 112 cm³/mol. The van der Waals surface area contributed by atoms with E-state index in [1.165, 1.54) is 28.7 Å². The number of carbonyl (C=O) groups is 2. The summed E-state index contributed by atoms with van der Waals surface area (Å²) >= 11 is 2.81. The molecule has 0 aliphatic rings. The summed E-state index contributed by atoms with van der Waals surface area (Å²) in [5, 5.41) is 4.47. The van der Waals surface area contributed by atoms with Crippen molar-refractivity contribution in [3.63, 3.8) is 0 Å². The standard InChI is InChI=1S/C20H26N2O3S2/c1-6-25-17(23)11-16-12-26-19(22-16)27-13(2)18(24)21-15-9-7-14(8-10-15)20(3,4)5/h7-10,12-13H,6,11H2,1-5H3,(H,21,24). The Labute approximate surface area is 168 Å². The van der Waals surface area contributed by atoms with Gasteiger partial charge in [-0.2, -0.15) is 0 Å². The van der Waals surface area contributed by atoms with Crippen LogP contribution in [-0.4, -0.2) is 28.7 Å². The Morgan fingerprint density at radius 1 is 1.26 bits per heavy atom. The van der Waals surface area contributed by atoms with Crippen LogP contribution in [0, 0.1) is 0 Å². The van der Waals surface area contributed by atoms with E-state index in [4.69, 9.17) is 4.74 Å². The van der Waals surface area contributed by atoms with Gasteiger partial charge in [0.1, 0.15) is 0 Å². The summed E-state index contributed by atoms with van der Waals surface area (Å²) < 4.78 is 5.69. The molecule has 0 bridgehead atoms. The molecule has 1 heterocycles. The molecule has 0 spiro atoms. The molecule has 0 saturated heterocycles. The zero-order chi connectivity index (χ0) is 20.0. The van der Waals surface area contributed by atoms with Crippen LogP contribution < -0.4 is 5.32 Å². The van der Waals surface area contributed by atoms with Gasteiger partial charge in [0, 0.05) is 11.1 Å². The van der Waals surface area contributed by atoms with Crippen LogP contribution in [0.25, 0.3) is 0 Å². The van der Waals surface area contributed by atoms with Crippen LogP contribution in [-0.2, 0) is 26.2 Å². The maximum absolute atomic E-state index is 12.4. The first-order chi connectivity index (χ1) is 12.7. The van der Waals surface area contributed by atoms with Crippen LogP contribution in [0.5, 0.6) is 0 Å². The Morgan fingerprint density at radius 2 is 1.93 bits per heavy atom. The summed E-state index contributed by atoms with van der Waals surface area (Å²) in [4.78, 5) is 28.4. The van der Waals surface area contributed by atoms with Gasteiger partial charge in [-0.1, -0.05) is 44.7 Å². The highest BCUT2D eigenvalue weighted by Crippen LogP contribution is 2.28. The molecule has 0 radical (unpaired) electrons. The number of hydrogen-bond acceptors (Lipinski definition) is 6. The van der Waals surface area contributed by atoms with Crippen LogP contribution in [0.1, 0.15) is 45.9 Å². The Hall–Kier alpha value is -1.86. The molecule has 2 aromatic rings. The molecule has 1 N–H and O–H groups in total. The lowest BCUT2D eigenvalue weighted by Gasteiger charge is -2.19. The topological polar surface area (TPSA) is 68.3 Å². The molecule has 27 heavy (non-hydrogen) atoms. The van der Waals surface area contributed by atoms with Crippen molar-refractivity contribution in [3.05, 3.63) is 40.9 Å². The molecule has 1 aromatic carbocycles. The molecular formula is C20H26N2O3S2. The number of esters is 1. The average Bonchev–Trinajstić information content (AvgIpc) is 3.01. The minimum absolute atomic E-state index is 0.0781. The molecule has 7 heteroatoms.